The van der Waals surface area contributed by atoms with Crippen LogP contribution in [0.1, 0.15) is 17.3 Å². The summed E-state index contributed by atoms with van der Waals surface area (Å²) in [4.78, 5) is 10.7. The molecule has 1 aromatic heterocycles. The van der Waals surface area contributed by atoms with E-state index in [0.717, 1.165) is 0 Å². The SMILES string of the molecule is CC(=O)c1ccc[n+](N)c1. The van der Waals surface area contributed by atoms with E-state index in [-0.39, 0.29) is 5.78 Å². The highest BCUT2D eigenvalue weighted by Crippen LogP contribution is 1.93. The van der Waals surface area contributed by atoms with Crippen molar-refractivity contribution in [3.8, 4) is 0 Å². The minimum absolute atomic E-state index is 0.0276. The number of ketones is 1. The first-order valence-electron chi connectivity index (χ1n) is 2.97. The molecule has 0 aromatic carbocycles. The lowest BCUT2D eigenvalue weighted by atomic mass is 10.2. The summed E-state index contributed by atoms with van der Waals surface area (Å²) in [5, 5.41) is 0. The van der Waals surface area contributed by atoms with Crippen LogP contribution in [0.3, 0.4) is 0 Å². The summed E-state index contributed by atoms with van der Waals surface area (Å²) in [7, 11) is 0. The van der Waals surface area contributed by atoms with Gasteiger partial charge in [0.05, 0.1) is 5.56 Å². The number of nitrogens with zero attached hydrogens (tertiary/aromatic N) is 1. The zero-order chi connectivity index (χ0) is 7.56. The third-order valence-electron chi connectivity index (χ3n) is 1.23. The predicted molar refractivity (Wildman–Crippen MR) is 36.8 cm³/mol. The van der Waals surface area contributed by atoms with Crippen molar-refractivity contribution in [2.75, 3.05) is 5.84 Å². The second kappa shape index (κ2) is 2.47. The van der Waals surface area contributed by atoms with Crippen LogP contribution in [0.4, 0.5) is 0 Å². The van der Waals surface area contributed by atoms with Crippen molar-refractivity contribution >= 4 is 5.78 Å². The van der Waals surface area contributed by atoms with E-state index in [0.29, 0.717) is 5.56 Å². The second-order valence-electron chi connectivity index (χ2n) is 2.10. The Morgan fingerprint density at radius 3 is 2.80 bits per heavy atom. The number of Topliss-reactive ketones (excluding diaryl/α,β-unsaturated/α-hetero) is 1. The van der Waals surface area contributed by atoms with Gasteiger partial charge in [0.25, 0.3) is 0 Å². The molecule has 1 aromatic rings. The molecule has 1 heterocycles. The highest BCUT2D eigenvalue weighted by molar-refractivity contribution is 5.93. The van der Waals surface area contributed by atoms with Gasteiger partial charge >= 0.3 is 0 Å². The lowest BCUT2D eigenvalue weighted by Crippen LogP contribution is -2.43. The summed E-state index contributed by atoms with van der Waals surface area (Å²) in [5.74, 6) is 5.39. The number of carbonyl (C=O) groups is 1. The van der Waals surface area contributed by atoms with E-state index in [9.17, 15) is 4.79 Å². The number of rotatable bonds is 1. The van der Waals surface area contributed by atoms with E-state index in [1.807, 2.05) is 0 Å². The van der Waals surface area contributed by atoms with Gasteiger partial charge in [-0.25, -0.2) is 5.84 Å². The molecule has 0 radical (unpaired) electrons. The molecule has 0 atom stereocenters. The quantitative estimate of drug-likeness (QED) is 0.333. The molecule has 0 spiro atoms. The lowest BCUT2D eigenvalue weighted by Gasteiger charge is -1.89. The molecule has 0 saturated heterocycles. The fourth-order valence-electron chi connectivity index (χ4n) is 0.701. The monoisotopic (exact) mass is 137 g/mol. The van der Waals surface area contributed by atoms with Gasteiger partial charge in [-0.3, -0.25) is 4.79 Å². The normalized spacial score (nSPS) is 9.30. The second-order valence-corrected chi connectivity index (χ2v) is 2.10. The molecular weight excluding hydrogens is 128 g/mol. The van der Waals surface area contributed by atoms with Crippen molar-refractivity contribution in [1.29, 1.82) is 0 Å². The van der Waals surface area contributed by atoms with Gasteiger partial charge in [0.2, 0.25) is 6.20 Å². The Bertz CT molecular complexity index is 258. The first-order chi connectivity index (χ1) is 4.70. The number of aromatic nitrogens is 1. The molecule has 52 valence electrons. The van der Waals surface area contributed by atoms with Crippen LogP contribution in [0.15, 0.2) is 24.5 Å². The number of pyridine rings is 1. The van der Waals surface area contributed by atoms with E-state index in [1.54, 1.807) is 24.5 Å². The van der Waals surface area contributed by atoms with Crippen LogP contribution >= 0.6 is 0 Å². The first kappa shape index (κ1) is 6.74. The number of hydrogen-bond donors (Lipinski definition) is 1. The molecule has 0 aliphatic heterocycles. The van der Waals surface area contributed by atoms with Gasteiger partial charge in [0.15, 0.2) is 12.0 Å². The molecular formula is C7H9N2O+. The van der Waals surface area contributed by atoms with Crippen LogP contribution in [0, 0.1) is 0 Å². The van der Waals surface area contributed by atoms with Gasteiger partial charge in [-0.15, -0.1) is 0 Å². The van der Waals surface area contributed by atoms with Crippen LogP contribution in [0.5, 0.6) is 0 Å². The maximum absolute atomic E-state index is 10.7. The van der Waals surface area contributed by atoms with Gasteiger partial charge in [0, 0.05) is 6.07 Å². The molecule has 0 bridgehead atoms. The zero-order valence-corrected chi connectivity index (χ0v) is 5.74. The zero-order valence-electron chi connectivity index (χ0n) is 5.74. The van der Waals surface area contributed by atoms with Gasteiger partial charge in [-0.2, -0.15) is 0 Å². The van der Waals surface area contributed by atoms with Gasteiger partial charge in [-0.1, -0.05) is 4.68 Å². The molecule has 0 fully saturated rings. The molecule has 2 N–H and O–H groups in total. The Kier molecular flexibility index (Phi) is 1.67. The average molecular weight is 137 g/mol. The Morgan fingerprint density at radius 2 is 2.40 bits per heavy atom. The summed E-state index contributed by atoms with van der Waals surface area (Å²) >= 11 is 0. The molecule has 0 unspecified atom stereocenters. The van der Waals surface area contributed by atoms with Gasteiger partial charge < -0.3 is 0 Å². The Balaban J connectivity index is 3.07. The standard InChI is InChI=1S/C7H9N2O/c1-6(10)7-3-2-4-9(8)5-7/h2-5H,8H2,1H3/q+1. The van der Waals surface area contributed by atoms with E-state index < -0.39 is 0 Å². The van der Waals surface area contributed by atoms with E-state index in [4.69, 9.17) is 5.84 Å². The molecule has 0 amide bonds. The van der Waals surface area contributed by atoms with Crippen molar-refractivity contribution in [3.63, 3.8) is 0 Å². The maximum Gasteiger partial charge on any atom is 0.209 e. The van der Waals surface area contributed by atoms with Gasteiger partial charge in [0.1, 0.15) is 0 Å². The highest BCUT2D eigenvalue weighted by atomic mass is 16.1. The van der Waals surface area contributed by atoms with E-state index in [2.05, 4.69) is 0 Å². The van der Waals surface area contributed by atoms with Crippen LogP contribution in [0.2, 0.25) is 0 Å². The smallest absolute Gasteiger partial charge is 0.209 e. The average Bonchev–Trinajstić information content (AvgIpc) is 1.88. The summed E-state index contributed by atoms with van der Waals surface area (Å²) in [6.45, 7) is 1.51. The van der Waals surface area contributed by atoms with Crippen LogP contribution in [-0.2, 0) is 0 Å². The molecule has 3 heteroatoms. The van der Waals surface area contributed by atoms with Crippen molar-refractivity contribution in [1.82, 2.24) is 0 Å². The highest BCUT2D eigenvalue weighted by Gasteiger charge is 2.01. The minimum atomic E-state index is 0.0276. The largest absolute Gasteiger partial charge is 0.294 e. The van der Waals surface area contributed by atoms with Crippen molar-refractivity contribution in [2.24, 2.45) is 0 Å². The lowest BCUT2D eigenvalue weighted by molar-refractivity contribution is -0.639. The predicted octanol–water partition coefficient (Wildman–Crippen LogP) is -0.110. The maximum atomic E-state index is 10.7. The summed E-state index contributed by atoms with van der Waals surface area (Å²) in [6, 6.07) is 3.46. The summed E-state index contributed by atoms with van der Waals surface area (Å²) in [5.41, 5.74) is 0.630. The third-order valence-corrected chi connectivity index (χ3v) is 1.23. The number of nitrogen functional groups attached to an aromatic ring is 1. The number of carbonyl (C=O) groups excluding carboxylic acids is 1. The first-order valence-corrected chi connectivity index (χ1v) is 2.97. The van der Waals surface area contributed by atoms with Gasteiger partial charge in [-0.05, 0) is 13.0 Å². The third kappa shape index (κ3) is 1.31. The van der Waals surface area contributed by atoms with Crippen molar-refractivity contribution in [2.45, 2.75) is 6.92 Å². The molecule has 1 rings (SSSR count). The number of hydrogen-bond acceptors (Lipinski definition) is 2. The molecule has 0 aliphatic carbocycles. The Labute approximate surface area is 59.1 Å². The Hall–Kier alpha value is -1.38. The summed E-state index contributed by atoms with van der Waals surface area (Å²) in [6.07, 6.45) is 3.26. The van der Waals surface area contributed by atoms with E-state index in [1.165, 1.54) is 11.6 Å². The molecule has 0 saturated carbocycles. The number of nitrogens with two attached hydrogens (primary N) is 1. The van der Waals surface area contributed by atoms with E-state index >= 15 is 0 Å². The molecule has 0 aliphatic rings. The summed E-state index contributed by atoms with van der Waals surface area (Å²) < 4.78 is 1.36. The minimum Gasteiger partial charge on any atom is -0.294 e. The van der Waals surface area contributed by atoms with Crippen LogP contribution in [0.25, 0.3) is 0 Å². The van der Waals surface area contributed by atoms with Crippen molar-refractivity contribution < 1.29 is 9.47 Å². The topological polar surface area (TPSA) is 47.0 Å². The van der Waals surface area contributed by atoms with Crippen LogP contribution < -0.4 is 10.5 Å². The molecule has 10 heavy (non-hydrogen) atoms. The molecule has 3 nitrogen and oxygen atoms in total. The Morgan fingerprint density at radius 1 is 1.70 bits per heavy atom. The van der Waals surface area contributed by atoms with Crippen molar-refractivity contribution in [3.05, 3.63) is 30.1 Å². The fraction of sp³-hybridized carbons (Fsp3) is 0.143. The fourth-order valence-corrected chi connectivity index (χ4v) is 0.701. The van der Waals surface area contributed by atoms with Crippen LogP contribution in [-0.4, -0.2) is 5.78 Å².